The fourth-order valence-electron chi connectivity index (χ4n) is 4.48. The first-order chi connectivity index (χ1) is 17.3. The number of methoxy groups -OCH3 is 3. The summed E-state index contributed by atoms with van der Waals surface area (Å²) in [6.45, 7) is 0. The Morgan fingerprint density at radius 3 is 1.62 bits per heavy atom. The third-order valence-corrected chi connectivity index (χ3v) is 8.76. The van der Waals surface area contributed by atoms with Crippen molar-refractivity contribution < 1.29 is 50.1 Å². The number of carbonyl (C=O) groups is 2. The molecule has 12 heteroatoms. The first-order valence-corrected chi connectivity index (χ1v) is 12.7. The Balaban J connectivity index is 2.29. The first kappa shape index (κ1) is 28.8. The summed E-state index contributed by atoms with van der Waals surface area (Å²) >= 11 is 0. The van der Waals surface area contributed by atoms with E-state index in [0.717, 1.165) is 6.42 Å². The van der Waals surface area contributed by atoms with E-state index in [-0.39, 0.29) is 22.8 Å². The number of hydrogen-bond acceptors (Lipinski definition) is 5. The molecule has 1 saturated carbocycles. The van der Waals surface area contributed by atoms with Crippen molar-refractivity contribution in [2.45, 2.75) is 50.1 Å². The van der Waals surface area contributed by atoms with Crippen LogP contribution in [0.4, 0.5) is 26.3 Å². The molecule has 3 rings (SSSR count). The highest BCUT2D eigenvalue weighted by atomic mass is 31.1. The van der Waals surface area contributed by atoms with Crippen LogP contribution >= 0.6 is 7.92 Å². The van der Waals surface area contributed by atoms with E-state index >= 15 is 0 Å². The zero-order valence-electron chi connectivity index (χ0n) is 20.3. The third kappa shape index (κ3) is 6.03. The molecule has 0 amide bonds. The largest absolute Gasteiger partial charge is 0.496 e. The number of alkyl halides is 6. The Kier molecular flexibility index (Phi) is 8.78. The van der Waals surface area contributed by atoms with Crippen LogP contribution < -0.4 is 14.2 Å². The molecule has 0 aliphatic heterocycles. The van der Waals surface area contributed by atoms with Gasteiger partial charge in [-0.05, 0) is 30.6 Å². The lowest BCUT2D eigenvalue weighted by molar-refractivity contribution is -0.143. The maximum absolute atomic E-state index is 14.0. The minimum atomic E-state index is -5.25. The molecule has 2 aromatic carbocycles. The van der Waals surface area contributed by atoms with Crippen LogP contribution in [0.2, 0.25) is 0 Å². The van der Waals surface area contributed by atoms with Gasteiger partial charge in [-0.2, -0.15) is 26.3 Å². The summed E-state index contributed by atoms with van der Waals surface area (Å²) in [5, 5.41) is 0. The lowest BCUT2D eigenvalue weighted by Gasteiger charge is -2.30. The van der Waals surface area contributed by atoms with Gasteiger partial charge in [-0.15, -0.1) is 0 Å². The van der Waals surface area contributed by atoms with Crippen LogP contribution in [0.1, 0.15) is 63.9 Å². The molecular weight excluding hydrogens is 525 g/mol. The molecular formula is C25H25F6O5P. The molecule has 1 fully saturated rings. The lowest BCUT2D eigenvalue weighted by Crippen LogP contribution is -2.25. The number of halogens is 6. The van der Waals surface area contributed by atoms with Crippen molar-refractivity contribution in [2.75, 3.05) is 21.3 Å². The molecule has 0 saturated heterocycles. The van der Waals surface area contributed by atoms with Gasteiger partial charge in [0.2, 0.25) is 0 Å². The Hall–Kier alpha value is -2.81. The van der Waals surface area contributed by atoms with Gasteiger partial charge >= 0.3 is 12.4 Å². The van der Waals surface area contributed by atoms with Crippen molar-refractivity contribution in [3.63, 3.8) is 0 Å². The van der Waals surface area contributed by atoms with Crippen LogP contribution in [-0.4, -0.2) is 38.0 Å². The van der Waals surface area contributed by atoms with Gasteiger partial charge in [0, 0.05) is 25.6 Å². The van der Waals surface area contributed by atoms with E-state index in [4.69, 9.17) is 14.2 Å². The third-order valence-electron chi connectivity index (χ3n) is 6.20. The maximum Gasteiger partial charge on any atom is 0.417 e. The molecule has 0 aromatic heterocycles. The van der Waals surface area contributed by atoms with Gasteiger partial charge in [-0.1, -0.05) is 25.3 Å². The molecule has 1 aliphatic carbocycles. The monoisotopic (exact) mass is 550 g/mol. The molecule has 0 N–H and O–H groups in total. The number of ether oxygens (including phenoxy) is 3. The minimum absolute atomic E-state index is 0.0718. The fourth-order valence-corrected chi connectivity index (χ4v) is 7.15. The summed E-state index contributed by atoms with van der Waals surface area (Å²) in [5.74, 6) is 0.0928. The summed E-state index contributed by atoms with van der Waals surface area (Å²) in [4.78, 5) is 27.8. The summed E-state index contributed by atoms with van der Waals surface area (Å²) in [7, 11) is 1.10. The molecule has 1 aliphatic rings. The van der Waals surface area contributed by atoms with Gasteiger partial charge in [0.05, 0.1) is 32.5 Å². The van der Waals surface area contributed by atoms with E-state index in [1.165, 1.54) is 33.5 Å². The summed E-state index contributed by atoms with van der Waals surface area (Å²) in [6, 6.07) is 4.12. The van der Waals surface area contributed by atoms with Gasteiger partial charge in [-0.3, -0.25) is 9.59 Å². The van der Waals surface area contributed by atoms with E-state index in [2.05, 4.69) is 0 Å². The number of hydrogen-bond donors (Lipinski definition) is 0. The second kappa shape index (κ2) is 11.3. The highest BCUT2D eigenvalue weighted by molar-refractivity contribution is 7.90. The molecule has 202 valence electrons. The van der Waals surface area contributed by atoms with E-state index < -0.39 is 53.7 Å². The quantitative estimate of drug-likeness (QED) is 0.251. The Bertz CT molecular complexity index is 1100. The highest BCUT2D eigenvalue weighted by Crippen LogP contribution is 2.57. The second-order valence-corrected chi connectivity index (χ2v) is 10.7. The molecule has 2 aromatic rings. The predicted octanol–water partition coefficient (Wildman–Crippen LogP) is 7.55. The van der Waals surface area contributed by atoms with E-state index in [1.54, 1.807) is 0 Å². The summed E-state index contributed by atoms with van der Waals surface area (Å²) < 4.78 is 99.0. The maximum atomic E-state index is 14.0. The smallest absolute Gasteiger partial charge is 0.417 e. The van der Waals surface area contributed by atoms with Crippen LogP contribution in [-0.2, 0) is 12.4 Å². The second-order valence-electron chi connectivity index (χ2n) is 8.40. The fraction of sp³-hybridized carbons (Fsp3) is 0.440. The van der Waals surface area contributed by atoms with Crippen LogP contribution in [0.15, 0.2) is 30.3 Å². The van der Waals surface area contributed by atoms with Gasteiger partial charge in [0.15, 0.2) is 11.0 Å². The van der Waals surface area contributed by atoms with Crippen molar-refractivity contribution in [1.29, 1.82) is 0 Å². The minimum Gasteiger partial charge on any atom is -0.496 e. The first-order valence-electron chi connectivity index (χ1n) is 11.3. The zero-order valence-corrected chi connectivity index (χ0v) is 21.2. The summed E-state index contributed by atoms with van der Waals surface area (Å²) in [6.07, 6.45) is -7.90. The lowest BCUT2D eigenvalue weighted by atomic mass is 10.00. The molecule has 0 spiro atoms. The highest BCUT2D eigenvalue weighted by Gasteiger charge is 2.47. The van der Waals surface area contributed by atoms with Crippen molar-refractivity contribution >= 4 is 19.0 Å². The number of benzene rings is 2. The molecule has 5 nitrogen and oxygen atoms in total. The number of carbonyl (C=O) groups excluding carboxylic acids is 2. The predicted molar refractivity (Wildman–Crippen MR) is 125 cm³/mol. The number of rotatable bonds is 8. The van der Waals surface area contributed by atoms with Gasteiger partial charge in [-0.25, -0.2) is 0 Å². The molecule has 0 heterocycles. The van der Waals surface area contributed by atoms with Crippen molar-refractivity contribution in [1.82, 2.24) is 0 Å². The zero-order chi connectivity index (χ0) is 27.5. The average molecular weight is 550 g/mol. The molecule has 1 atom stereocenters. The molecule has 0 radical (unpaired) electrons. The van der Waals surface area contributed by atoms with Gasteiger partial charge in [0.1, 0.15) is 22.8 Å². The van der Waals surface area contributed by atoms with Crippen molar-refractivity contribution in [2.24, 2.45) is 0 Å². The molecule has 37 heavy (non-hydrogen) atoms. The summed E-state index contributed by atoms with van der Waals surface area (Å²) in [5.41, 5.74) is -8.29. The average Bonchev–Trinajstić information content (AvgIpc) is 2.86. The standard InChI is InChI=1S/C25H25F6O5P/c1-34-14-12-18(35-2)21(19(13-14)36-3)23(33)37(15-8-5-4-6-9-15)22(32)20-16(24(26,27)28)10-7-11-17(20)25(29,30)31/h7,10-13,15H,4-6,8-9H2,1-3H3. The topological polar surface area (TPSA) is 61.8 Å². The van der Waals surface area contributed by atoms with Crippen molar-refractivity contribution in [3.8, 4) is 17.2 Å². The van der Waals surface area contributed by atoms with E-state index in [0.29, 0.717) is 43.9 Å². The van der Waals surface area contributed by atoms with Gasteiger partial charge < -0.3 is 14.2 Å². The Labute approximate surface area is 210 Å². The van der Waals surface area contributed by atoms with Gasteiger partial charge in [0.25, 0.3) is 0 Å². The SMILES string of the molecule is COc1cc(OC)c(C(=O)P(C(=O)c2c(C(F)(F)F)cccc2C(F)(F)F)C2CCCCC2)c(OC)c1. The van der Waals surface area contributed by atoms with Crippen LogP contribution in [0.5, 0.6) is 17.2 Å². The Morgan fingerprint density at radius 1 is 0.757 bits per heavy atom. The van der Waals surface area contributed by atoms with Crippen LogP contribution in [0.3, 0.4) is 0 Å². The Morgan fingerprint density at radius 2 is 1.22 bits per heavy atom. The van der Waals surface area contributed by atoms with E-state index in [9.17, 15) is 35.9 Å². The van der Waals surface area contributed by atoms with Crippen LogP contribution in [0, 0.1) is 0 Å². The molecule has 0 bridgehead atoms. The molecule has 1 unspecified atom stereocenters. The van der Waals surface area contributed by atoms with E-state index in [1.807, 2.05) is 0 Å². The van der Waals surface area contributed by atoms with Crippen molar-refractivity contribution in [3.05, 3.63) is 52.6 Å². The van der Waals surface area contributed by atoms with Crippen LogP contribution in [0.25, 0.3) is 0 Å². The normalized spacial score (nSPS) is 15.7.